The molecule has 0 spiro atoms. The second-order valence-electron chi connectivity index (χ2n) is 4.56. The first-order valence-electron chi connectivity index (χ1n) is 5.56. The van der Waals surface area contributed by atoms with Gasteiger partial charge in [0.15, 0.2) is 0 Å². The van der Waals surface area contributed by atoms with E-state index < -0.39 is 0 Å². The van der Waals surface area contributed by atoms with Gasteiger partial charge in [-0.3, -0.25) is 0 Å². The molecule has 1 aromatic heterocycles. The first-order valence-corrected chi connectivity index (χ1v) is 5.94. The Hall–Kier alpha value is -0.870. The van der Waals surface area contributed by atoms with Crippen molar-refractivity contribution in [3.63, 3.8) is 0 Å². The Morgan fingerprint density at radius 2 is 2.00 bits per heavy atom. The minimum absolute atomic E-state index is 0.524. The fourth-order valence-electron chi connectivity index (χ4n) is 2.55. The Morgan fingerprint density at radius 3 is 2.62 bits per heavy atom. The van der Waals surface area contributed by atoms with E-state index in [0.29, 0.717) is 17.0 Å². The first-order chi connectivity index (χ1) is 7.72. The van der Waals surface area contributed by atoms with E-state index in [2.05, 4.69) is 14.9 Å². The number of rotatable bonds is 1. The lowest BCUT2D eigenvalue weighted by molar-refractivity contribution is 0.177. The number of hydrogen-bond donors (Lipinski definition) is 0. The van der Waals surface area contributed by atoms with Gasteiger partial charge in [0.25, 0.3) is 0 Å². The van der Waals surface area contributed by atoms with E-state index in [-0.39, 0.29) is 0 Å². The largest absolute Gasteiger partial charge is 0.381 e. The van der Waals surface area contributed by atoms with Crippen LogP contribution in [0.5, 0.6) is 0 Å². The fourth-order valence-corrected chi connectivity index (χ4v) is 2.77. The van der Waals surface area contributed by atoms with E-state index in [4.69, 9.17) is 16.3 Å². The molecule has 2 aliphatic rings. The van der Waals surface area contributed by atoms with E-state index >= 15 is 0 Å². The van der Waals surface area contributed by atoms with E-state index in [1.807, 2.05) is 13.0 Å². The summed E-state index contributed by atoms with van der Waals surface area (Å²) in [4.78, 5) is 10.8. The van der Waals surface area contributed by atoms with Crippen molar-refractivity contribution in [3.05, 3.63) is 17.0 Å². The van der Waals surface area contributed by atoms with Gasteiger partial charge in [0, 0.05) is 31.0 Å². The van der Waals surface area contributed by atoms with Crippen LogP contribution in [0.3, 0.4) is 0 Å². The zero-order valence-electron chi connectivity index (χ0n) is 9.19. The predicted octanol–water partition coefficient (Wildman–Crippen LogP) is 1.52. The molecule has 2 aliphatic heterocycles. The Bertz CT molecular complexity index is 380. The minimum Gasteiger partial charge on any atom is -0.381 e. The molecule has 0 saturated carbocycles. The van der Waals surface area contributed by atoms with Crippen molar-refractivity contribution >= 4 is 17.4 Å². The van der Waals surface area contributed by atoms with Crippen molar-refractivity contribution in [2.24, 2.45) is 11.8 Å². The second-order valence-corrected chi connectivity index (χ2v) is 4.95. The molecule has 1 aromatic rings. The van der Waals surface area contributed by atoms with Crippen LogP contribution in [0.2, 0.25) is 5.15 Å². The van der Waals surface area contributed by atoms with Gasteiger partial charge >= 0.3 is 0 Å². The van der Waals surface area contributed by atoms with Gasteiger partial charge in [-0.1, -0.05) is 11.6 Å². The highest BCUT2D eigenvalue weighted by Crippen LogP contribution is 2.32. The summed E-state index contributed by atoms with van der Waals surface area (Å²) in [6.07, 6.45) is 0. The van der Waals surface area contributed by atoms with Crippen molar-refractivity contribution in [1.82, 2.24) is 9.97 Å². The zero-order chi connectivity index (χ0) is 11.1. The van der Waals surface area contributed by atoms with Crippen LogP contribution < -0.4 is 4.90 Å². The molecule has 0 bridgehead atoms. The summed E-state index contributed by atoms with van der Waals surface area (Å²) in [5.74, 6) is 3.01. The van der Waals surface area contributed by atoms with Crippen molar-refractivity contribution in [2.45, 2.75) is 6.92 Å². The topological polar surface area (TPSA) is 38.2 Å². The summed E-state index contributed by atoms with van der Waals surface area (Å²) >= 11 is 5.95. The predicted molar refractivity (Wildman–Crippen MR) is 61.8 cm³/mol. The van der Waals surface area contributed by atoms with Gasteiger partial charge in [-0.2, -0.15) is 0 Å². The lowest BCUT2D eigenvalue weighted by atomic mass is 10.0. The number of halogens is 1. The molecule has 2 atom stereocenters. The van der Waals surface area contributed by atoms with E-state index in [0.717, 1.165) is 37.9 Å². The van der Waals surface area contributed by atoms with Gasteiger partial charge in [0.2, 0.25) is 0 Å². The van der Waals surface area contributed by atoms with E-state index in [1.54, 1.807) is 0 Å². The summed E-state index contributed by atoms with van der Waals surface area (Å²) in [5.41, 5.74) is 0. The average molecular weight is 240 g/mol. The lowest BCUT2D eigenvalue weighted by Crippen LogP contribution is -2.23. The molecule has 3 heterocycles. The second kappa shape index (κ2) is 3.86. The fraction of sp³-hybridized carbons (Fsp3) is 0.636. The monoisotopic (exact) mass is 239 g/mol. The summed E-state index contributed by atoms with van der Waals surface area (Å²) < 4.78 is 5.46. The maximum absolute atomic E-state index is 5.95. The summed E-state index contributed by atoms with van der Waals surface area (Å²) in [6, 6.07) is 1.84. The molecular formula is C11H14ClN3O. The van der Waals surface area contributed by atoms with Gasteiger partial charge in [-0.25, -0.2) is 9.97 Å². The Kier molecular flexibility index (Phi) is 2.48. The highest BCUT2D eigenvalue weighted by Gasteiger charge is 2.37. The quantitative estimate of drug-likeness (QED) is 0.697. The third-order valence-electron chi connectivity index (χ3n) is 3.36. The molecule has 2 fully saturated rings. The molecule has 0 aliphatic carbocycles. The molecule has 2 saturated heterocycles. The lowest BCUT2D eigenvalue weighted by Gasteiger charge is -2.18. The Balaban J connectivity index is 1.83. The van der Waals surface area contributed by atoms with Crippen LogP contribution in [0.25, 0.3) is 0 Å². The van der Waals surface area contributed by atoms with E-state index in [9.17, 15) is 0 Å². The molecule has 0 aromatic carbocycles. The van der Waals surface area contributed by atoms with Gasteiger partial charge in [-0.05, 0) is 6.92 Å². The van der Waals surface area contributed by atoms with Crippen LogP contribution >= 0.6 is 11.6 Å². The van der Waals surface area contributed by atoms with Crippen LogP contribution in [0.15, 0.2) is 6.07 Å². The summed E-state index contributed by atoms with van der Waals surface area (Å²) in [7, 11) is 0. The smallest absolute Gasteiger partial charge is 0.134 e. The number of aromatic nitrogens is 2. The van der Waals surface area contributed by atoms with Crippen molar-refractivity contribution in [1.29, 1.82) is 0 Å². The standard InChI is InChI=1S/C11H14ClN3O/c1-7-13-10(12)2-11(14-7)15-3-8-5-16-6-9(8)4-15/h2,8-9H,3-6H2,1H3. The molecule has 16 heavy (non-hydrogen) atoms. The minimum atomic E-state index is 0.524. The highest BCUT2D eigenvalue weighted by molar-refractivity contribution is 6.29. The Morgan fingerprint density at radius 1 is 1.31 bits per heavy atom. The summed E-state index contributed by atoms with van der Waals surface area (Å²) in [5, 5.41) is 0.524. The third kappa shape index (κ3) is 1.76. The maximum atomic E-state index is 5.95. The van der Waals surface area contributed by atoms with Crippen LogP contribution in [0.1, 0.15) is 5.82 Å². The van der Waals surface area contributed by atoms with Gasteiger partial charge < -0.3 is 9.64 Å². The van der Waals surface area contributed by atoms with Crippen molar-refractivity contribution in [2.75, 3.05) is 31.2 Å². The SMILES string of the molecule is Cc1nc(Cl)cc(N2CC3COCC3C2)n1. The Labute approximate surface area is 99.6 Å². The summed E-state index contributed by atoms with van der Waals surface area (Å²) in [6.45, 7) is 5.70. The van der Waals surface area contributed by atoms with Crippen LogP contribution in [0.4, 0.5) is 5.82 Å². The molecule has 2 unspecified atom stereocenters. The highest BCUT2D eigenvalue weighted by atomic mass is 35.5. The number of ether oxygens (including phenoxy) is 1. The number of hydrogen-bond acceptors (Lipinski definition) is 4. The first kappa shape index (κ1) is 10.3. The molecule has 0 radical (unpaired) electrons. The molecule has 86 valence electrons. The maximum Gasteiger partial charge on any atom is 0.134 e. The molecule has 0 N–H and O–H groups in total. The third-order valence-corrected chi connectivity index (χ3v) is 3.55. The number of anilines is 1. The molecule has 0 amide bonds. The van der Waals surface area contributed by atoms with Crippen molar-refractivity contribution in [3.8, 4) is 0 Å². The van der Waals surface area contributed by atoms with E-state index in [1.165, 1.54) is 0 Å². The number of fused-ring (bicyclic) bond motifs is 1. The van der Waals surface area contributed by atoms with Crippen LogP contribution in [0, 0.1) is 18.8 Å². The van der Waals surface area contributed by atoms with Crippen molar-refractivity contribution < 1.29 is 4.74 Å². The number of nitrogens with zero attached hydrogens (tertiary/aromatic N) is 3. The zero-order valence-corrected chi connectivity index (χ0v) is 9.94. The molecule has 3 rings (SSSR count). The average Bonchev–Trinajstić information content (AvgIpc) is 2.74. The van der Waals surface area contributed by atoms with Crippen LogP contribution in [-0.4, -0.2) is 36.3 Å². The van der Waals surface area contributed by atoms with Crippen LogP contribution in [-0.2, 0) is 4.74 Å². The molecule has 5 heteroatoms. The van der Waals surface area contributed by atoms with Gasteiger partial charge in [-0.15, -0.1) is 0 Å². The molecular weight excluding hydrogens is 226 g/mol. The normalized spacial score (nSPS) is 28.5. The van der Waals surface area contributed by atoms with Gasteiger partial charge in [0.1, 0.15) is 16.8 Å². The molecule has 4 nitrogen and oxygen atoms in total. The number of aryl methyl sites for hydroxylation is 1. The van der Waals surface area contributed by atoms with Gasteiger partial charge in [0.05, 0.1) is 13.2 Å².